The number of para-hydroxylation sites is 1. The monoisotopic (exact) mass is 329 g/mol. The molecule has 1 aromatic carbocycles. The van der Waals surface area contributed by atoms with E-state index in [0.717, 1.165) is 11.0 Å². The molecule has 2 N–H and O–H groups in total. The summed E-state index contributed by atoms with van der Waals surface area (Å²) in [6.07, 6.45) is 0. The van der Waals surface area contributed by atoms with Crippen molar-refractivity contribution in [2.45, 2.75) is 19.9 Å². The van der Waals surface area contributed by atoms with Crippen LogP contribution in [0.5, 0.6) is 0 Å². The third-order valence-corrected chi connectivity index (χ3v) is 4.00. The lowest BCUT2D eigenvalue weighted by Crippen LogP contribution is -2.26. The Morgan fingerprint density at radius 1 is 1.30 bits per heavy atom. The smallest absolute Gasteiger partial charge is 0.271 e. The molecule has 6 nitrogen and oxygen atoms in total. The van der Waals surface area contributed by atoms with E-state index >= 15 is 0 Å². The van der Waals surface area contributed by atoms with Crippen LogP contribution in [0.4, 0.5) is 5.13 Å². The molecule has 3 aromatic rings. The van der Waals surface area contributed by atoms with Gasteiger partial charge in [0.15, 0.2) is 5.13 Å². The van der Waals surface area contributed by atoms with Crippen LogP contribution in [-0.4, -0.2) is 16.8 Å². The zero-order chi connectivity index (χ0) is 16.4. The van der Waals surface area contributed by atoms with Gasteiger partial charge in [-0.1, -0.05) is 18.2 Å². The van der Waals surface area contributed by atoms with Crippen LogP contribution in [0.2, 0.25) is 0 Å². The first-order chi connectivity index (χ1) is 11.0. The maximum Gasteiger partial charge on any atom is 0.271 e. The number of amides is 2. The van der Waals surface area contributed by atoms with Gasteiger partial charge in [-0.2, -0.15) is 0 Å². The summed E-state index contributed by atoms with van der Waals surface area (Å²) in [6, 6.07) is 9.29. The lowest BCUT2D eigenvalue weighted by Gasteiger charge is -2.09. The first-order valence-corrected chi connectivity index (χ1v) is 7.93. The maximum atomic E-state index is 12.2. The number of benzene rings is 1. The van der Waals surface area contributed by atoms with Gasteiger partial charge >= 0.3 is 0 Å². The molecule has 23 heavy (non-hydrogen) atoms. The van der Waals surface area contributed by atoms with Crippen molar-refractivity contribution < 1.29 is 14.0 Å². The Labute approximate surface area is 136 Å². The fraction of sp³-hybridized carbons (Fsp3) is 0.188. The number of thiazole rings is 1. The second-order valence-corrected chi connectivity index (χ2v) is 5.96. The second-order valence-electron chi connectivity index (χ2n) is 5.10. The predicted octanol–water partition coefficient (Wildman–Crippen LogP) is 3.34. The van der Waals surface area contributed by atoms with E-state index in [1.165, 1.54) is 18.3 Å². The van der Waals surface area contributed by atoms with Crippen molar-refractivity contribution in [2.24, 2.45) is 0 Å². The molecule has 2 heterocycles. The summed E-state index contributed by atoms with van der Waals surface area (Å²) in [5.41, 5.74) is 1.05. The molecule has 0 aliphatic heterocycles. The lowest BCUT2D eigenvalue weighted by molar-refractivity contribution is -0.114. The minimum atomic E-state index is -0.314. The van der Waals surface area contributed by atoms with Gasteiger partial charge in [-0.05, 0) is 19.1 Å². The van der Waals surface area contributed by atoms with Crippen LogP contribution < -0.4 is 10.6 Å². The molecule has 0 radical (unpaired) electrons. The third-order valence-electron chi connectivity index (χ3n) is 3.24. The number of hydrogen-bond acceptors (Lipinski definition) is 5. The van der Waals surface area contributed by atoms with E-state index in [1.54, 1.807) is 5.38 Å². The lowest BCUT2D eigenvalue weighted by atomic mass is 10.2. The molecular weight excluding hydrogens is 314 g/mol. The number of fused-ring (bicyclic) bond motifs is 1. The van der Waals surface area contributed by atoms with Crippen LogP contribution in [0.3, 0.4) is 0 Å². The molecule has 0 fully saturated rings. The highest BCUT2D eigenvalue weighted by Gasteiger charge is 2.17. The Bertz CT molecular complexity index is 835. The van der Waals surface area contributed by atoms with Crippen LogP contribution in [0.25, 0.3) is 11.0 Å². The molecule has 0 saturated heterocycles. The Kier molecular flexibility index (Phi) is 4.12. The summed E-state index contributed by atoms with van der Waals surface area (Å²) in [4.78, 5) is 27.3. The van der Waals surface area contributed by atoms with Gasteiger partial charge in [-0.3, -0.25) is 9.59 Å². The van der Waals surface area contributed by atoms with Crippen LogP contribution in [0, 0.1) is 0 Å². The first kappa shape index (κ1) is 15.2. The number of hydrogen-bond donors (Lipinski definition) is 2. The Hall–Kier alpha value is -2.67. The fourth-order valence-corrected chi connectivity index (χ4v) is 2.88. The molecule has 2 amide bonds. The highest BCUT2D eigenvalue weighted by Crippen LogP contribution is 2.24. The molecule has 118 valence electrons. The Morgan fingerprint density at radius 2 is 2.09 bits per heavy atom. The van der Waals surface area contributed by atoms with E-state index in [9.17, 15) is 9.59 Å². The van der Waals surface area contributed by atoms with Crippen LogP contribution in [-0.2, 0) is 4.79 Å². The molecule has 0 saturated carbocycles. The zero-order valence-electron chi connectivity index (χ0n) is 12.6. The van der Waals surface area contributed by atoms with Gasteiger partial charge in [-0.15, -0.1) is 11.3 Å². The van der Waals surface area contributed by atoms with Crippen LogP contribution in [0.15, 0.2) is 40.1 Å². The number of carbonyl (C=O) groups is 2. The third kappa shape index (κ3) is 3.40. The highest BCUT2D eigenvalue weighted by atomic mass is 32.1. The quantitative estimate of drug-likeness (QED) is 0.769. The standard InChI is InChI=1S/C16H15N3O3S/c1-9(14-7-11-5-3-4-6-13(11)22-14)17-15(21)12-8-23-16(19-12)18-10(2)20/h3-9H,1-2H3,(H,17,21)(H,18,19,20)/t9-/m0/s1. The van der Waals surface area contributed by atoms with E-state index in [-0.39, 0.29) is 23.6 Å². The molecule has 0 aliphatic rings. The van der Waals surface area contributed by atoms with Gasteiger partial charge in [-0.25, -0.2) is 4.98 Å². The predicted molar refractivity (Wildman–Crippen MR) is 88.5 cm³/mol. The topological polar surface area (TPSA) is 84.2 Å². The SMILES string of the molecule is CC(=O)Nc1nc(C(=O)N[C@@H](C)c2cc3ccccc3o2)cs1. The van der Waals surface area contributed by atoms with Gasteiger partial charge in [0.1, 0.15) is 17.0 Å². The average Bonchev–Trinajstić information content (AvgIpc) is 3.12. The summed E-state index contributed by atoms with van der Waals surface area (Å²) in [6.45, 7) is 3.24. The summed E-state index contributed by atoms with van der Waals surface area (Å²) in [7, 11) is 0. The van der Waals surface area contributed by atoms with Gasteiger partial charge < -0.3 is 15.1 Å². The molecule has 2 aromatic heterocycles. The number of nitrogens with one attached hydrogen (secondary N) is 2. The van der Waals surface area contributed by atoms with Crippen molar-refractivity contribution in [3.63, 3.8) is 0 Å². The highest BCUT2D eigenvalue weighted by molar-refractivity contribution is 7.14. The molecule has 3 rings (SSSR count). The van der Waals surface area contributed by atoms with Crippen LogP contribution >= 0.6 is 11.3 Å². The molecule has 7 heteroatoms. The van der Waals surface area contributed by atoms with Crippen molar-refractivity contribution in [1.82, 2.24) is 10.3 Å². The summed E-state index contributed by atoms with van der Waals surface area (Å²) < 4.78 is 5.73. The number of carbonyl (C=O) groups excluding carboxylic acids is 2. The van der Waals surface area contributed by atoms with Crippen LogP contribution in [0.1, 0.15) is 36.1 Å². The number of furan rings is 1. The summed E-state index contributed by atoms with van der Waals surface area (Å²) >= 11 is 1.21. The number of rotatable bonds is 4. The van der Waals surface area contributed by atoms with Crippen molar-refractivity contribution in [3.05, 3.63) is 47.2 Å². The normalized spacial score (nSPS) is 12.1. The van der Waals surface area contributed by atoms with E-state index in [4.69, 9.17) is 4.42 Å². The molecule has 0 bridgehead atoms. The summed E-state index contributed by atoms with van der Waals surface area (Å²) in [5.74, 6) is 0.143. The molecule has 0 unspecified atom stereocenters. The van der Waals surface area contributed by atoms with E-state index in [1.807, 2.05) is 37.3 Å². The Morgan fingerprint density at radius 3 is 2.83 bits per heavy atom. The number of nitrogens with zero attached hydrogens (tertiary/aromatic N) is 1. The average molecular weight is 329 g/mol. The Balaban J connectivity index is 1.71. The van der Waals surface area contributed by atoms with Crippen molar-refractivity contribution in [3.8, 4) is 0 Å². The minimum absolute atomic E-state index is 0.220. The molecule has 1 atom stereocenters. The van der Waals surface area contributed by atoms with Crippen molar-refractivity contribution in [2.75, 3.05) is 5.32 Å². The minimum Gasteiger partial charge on any atom is -0.459 e. The molecule has 0 spiro atoms. The zero-order valence-corrected chi connectivity index (χ0v) is 13.4. The van der Waals surface area contributed by atoms with Crippen molar-refractivity contribution in [1.29, 1.82) is 0 Å². The van der Waals surface area contributed by atoms with Gasteiger partial charge in [0, 0.05) is 17.7 Å². The number of anilines is 1. The van der Waals surface area contributed by atoms with Gasteiger partial charge in [0.25, 0.3) is 5.91 Å². The maximum absolute atomic E-state index is 12.2. The van der Waals surface area contributed by atoms with E-state index < -0.39 is 0 Å². The summed E-state index contributed by atoms with van der Waals surface area (Å²) in [5, 5.41) is 8.39. The first-order valence-electron chi connectivity index (χ1n) is 7.05. The second kappa shape index (κ2) is 6.21. The van der Waals surface area contributed by atoms with E-state index in [2.05, 4.69) is 15.6 Å². The van der Waals surface area contributed by atoms with Gasteiger partial charge in [0.2, 0.25) is 5.91 Å². The molecular formula is C16H15N3O3S. The molecule has 0 aliphatic carbocycles. The van der Waals surface area contributed by atoms with Gasteiger partial charge in [0.05, 0.1) is 6.04 Å². The van der Waals surface area contributed by atoms with E-state index in [0.29, 0.717) is 10.9 Å². The fourth-order valence-electron chi connectivity index (χ4n) is 2.14. The number of aromatic nitrogens is 1. The largest absolute Gasteiger partial charge is 0.459 e. The van der Waals surface area contributed by atoms with Crippen molar-refractivity contribution >= 4 is 39.3 Å².